The third kappa shape index (κ3) is 4.42. The van der Waals surface area contributed by atoms with Crippen LogP contribution in [0.3, 0.4) is 0 Å². The van der Waals surface area contributed by atoms with Crippen molar-refractivity contribution in [2.75, 3.05) is 5.75 Å². The van der Waals surface area contributed by atoms with Crippen molar-refractivity contribution < 1.29 is 8.42 Å². The van der Waals surface area contributed by atoms with Crippen molar-refractivity contribution in [3.8, 4) is 0 Å². The predicted octanol–water partition coefficient (Wildman–Crippen LogP) is 2.04. The fourth-order valence-electron chi connectivity index (χ4n) is 1.91. The lowest BCUT2D eigenvalue weighted by Crippen LogP contribution is -2.40. The smallest absolute Gasteiger partial charge is 0.211 e. The summed E-state index contributed by atoms with van der Waals surface area (Å²) in [7, 11) is -2.92. The Labute approximate surface area is 87.3 Å². The quantitative estimate of drug-likeness (QED) is 0.719. The van der Waals surface area contributed by atoms with Gasteiger partial charge in [0.05, 0.1) is 5.75 Å². The van der Waals surface area contributed by atoms with Crippen molar-refractivity contribution in [1.29, 1.82) is 0 Å². The lowest BCUT2D eigenvalue weighted by molar-refractivity contribution is 0.453. The van der Waals surface area contributed by atoms with Gasteiger partial charge < -0.3 is 0 Å². The summed E-state index contributed by atoms with van der Waals surface area (Å²) in [6.45, 7) is 2.18. The molecule has 1 fully saturated rings. The van der Waals surface area contributed by atoms with Crippen LogP contribution >= 0.6 is 0 Å². The Morgan fingerprint density at radius 3 is 2.71 bits per heavy atom. The molecule has 0 bridgehead atoms. The molecule has 1 saturated heterocycles. The van der Waals surface area contributed by atoms with E-state index >= 15 is 0 Å². The molecule has 1 N–H and O–H groups in total. The maximum atomic E-state index is 11.2. The summed E-state index contributed by atoms with van der Waals surface area (Å²) in [4.78, 5) is 0. The minimum atomic E-state index is -2.92. The van der Waals surface area contributed by atoms with Crippen molar-refractivity contribution in [3.63, 3.8) is 0 Å². The monoisotopic (exact) mass is 219 g/mol. The predicted molar refractivity (Wildman–Crippen MR) is 58.7 cm³/mol. The summed E-state index contributed by atoms with van der Waals surface area (Å²) < 4.78 is 25.2. The third-order valence-corrected chi connectivity index (χ3v) is 4.24. The van der Waals surface area contributed by atoms with Gasteiger partial charge in [-0.25, -0.2) is 13.1 Å². The number of sulfonamides is 1. The van der Waals surface area contributed by atoms with Crippen molar-refractivity contribution >= 4 is 10.0 Å². The first-order valence-corrected chi connectivity index (χ1v) is 7.29. The largest absolute Gasteiger partial charge is 0.212 e. The van der Waals surface area contributed by atoms with Crippen LogP contribution in [0.5, 0.6) is 0 Å². The van der Waals surface area contributed by atoms with E-state index in [0.717, 1.165) is 25.7 Å². The summed E-state index contributed by atoms with van der Waals surface area (Å²) in [5, 5.41) is 0. The average molecular weight is 219 g/mol. The van der Waals surface area contributed by atoms with E-state index < -0.39 is 10.0 Å². The zero-order chi connectivity index (χ0) is 10.4. The Balaban J connectivity index is 2.18. The van der Waals surface area contributed by atoms with Gasteiger partial charge in [-0.3, -0.25) is 0 Å². The molecule has 0 aromatic rings. The molecule has 0 aromatic carbocycles. The number of unbranched alkanes of at least 4 members (excludes halogenated alkanes) is 3. The highest BCUT2D eigenvalue weighted by molar-refractivity contribution is 7.89. The molecule has 0 radical (unpaired) electrons. The van der Waals surface area contributed by atoms with Gasteiger partial charge in [-0.05, 0) is 19.3 Å². The number of rotatable bonds is 5. The second-order valence-electron chi connectivity index (χ2n) is 4.13. The molecule has 1 aliphatic rings. The third-order valence-electron chi connectivity index (χ3n) is 2.72. The second kappa shape index (κ2) is 5.71. The van der Waals surface area contributed by atoms with E-state index in [1.54, 1.807) is 0 Å². The van der Waals surface area contributed by atoms with E-state index in [0.29, 0.717) is 5.75 Å². The lowest BCUT2D eigenvalue weighted by Gasteiger charge is -2.23. The van der Waals surface area contributed by atoms with Gasteiger partial charge in [-0.2, -0.15) is 0 Å². The van der Waals surface area contributed by atoms with Gasteiger partial charge in [-0.1, -0.05) is 32.6 Å². The van der Waals surface area contributed by atoms with Crippen molar-refractivity contribution in [2.45, 2.75) is 57.9 Å². The van der Waals surface area contributed by atoms with Crippen molar-refractivity contribution in [2.24, 2.45) is 0 Å². The Bertz CT molecular complexity index is 249. The Hall–Kier alpha value is -0.0900. The highest BCUT2D eigenvalue weighted by Gasteiger charge is 2.22. The summed E-state index contributed by atoms with van der Waals surface area (Å²) in [6, 6.07) is 0.214. The molecule has 0 spiro atoms. The molecule has 0 unspecified atom stereocenters. The van der Waals surface area contributed by atoms with E-state index in [1.165, 1.54) is 19.3 Å². The maximum Gasteiger partial charge on any atom is 0.211 e. The molecule has 4 heteroatoms. The molecule has 1 aliphatic heterocycles. The zero-order valence-corrected chi connectivity index (χ0v) is 9.78. The van der Waals surface area contributed by atoms with E-state index in [4.69, 9.17) is 0 Å². The molecule has 1 rings (SSSR count). The molecular weight excluding hydrogens is 198 g/mol. The van der Waals surface area contributed by atoms with Crippen molar-refractivity contribution in [3.05, 3.63) is 0 Å². The molecule has 0 aliphatic carbocycles. The molecule has 14 heavy (non-hydrogen) atoms. The van der Waals surface area contributed by atoms with Crippen LogP contribution in [0.15, 0.2) is 0 Å². The highest BCUT2D eigenvalue weighted by Crippen LogP contribution is 2.15. The van der Waals surface area contributed by atoms with Crippen LogP contribution in [0, 0.1) is 0 Å². The van der Waals surface area contributed by atoms with Crippen LogP contribution in [-0.2, 0) is 10.0 Å². The van der Waals surface area contributed by atoms with Gasteiger partial charge in [0.2, 0.25) is 10.0 Å². The molecule has 3 nitrogen and oxygen atoms in total. The van der Waals surface area contributed by atoms with Gasteiger partial charge in [-0.15, -0.1) is 0 Å². The van der Waals surface area contributed by atoms with E-state index in [9.17, 15) is 8.42 Å². The first-order valence-electron chi connectivity index (χ1n) is 5.64. The minimum Gasteiger partial charge on any atom is -0.212 e. The highest BCUT2D eigenvalue weighted by atomic mass is 32.2. The van der Waals surface area contributed by atoms with Gasteiger partial charge in [0.25, 0.3) is 0 Å². The number of hydrogen-bond donors (Lipinski definition) is 1. The van der Waals surface area contributed by atoms with Crippen LogP contribution in [0.1, 0.15) is 51.9 Å². The van der Waals surface area contributed by atoms with Gasteiger partial charge in [0, 0.05) is 6.04 Å². The van der Waals surface area contributed by atoms with Gasteiger partial charge >= 0.3 is 0 Å². The first kappa shape index (κ1) is 12.0. The molecule has 0 aromatic heterocycles. The molecule has 1 heterocycles. The fourth-order valence-corrected chi connectivity index (χ4v) is 3.32. The van der Waals surface area contributed by atoms with Gasteiger partial charge in [0.1, 0.15) is 0 Å². The topological polar surface area (TPSA) is 46.2 Å². The minimum absolute atomic E-state index is 0.214. The summed E-state index contributed by atoms with van der Waals surface area (Å²) in [5.74, 6) is 0.318. The molecule has 1 atom stereocenters. The van der Waals surface area contributed by atoms with E-state index in [-0.39, 0.29) is 6.04 Å². The van der Waals surface area contributed by atoms with Crippen molar-refractivity contribution in [1.82, 2.24) is 4.72 Å². The van der Waals surface area contributed by atoms with Gasteiger partial charge in [0.15, 0.2) is 0 Å². The molecule has 0 saturated carbocycles. The lowest BCUT2D eigenvalue weighted by atomic mass is 10.0. The summed E-state index contributed by atoms with van der Waals surface area (Å²) in [6.07, 6.45) is 7.74. The Morgan fingerprint density at radius 2 is 2.07 bits per heavy atom. The summed E-state index contributed by atoms with van der Waals surface area (Å²) >= 11 is 0. The molecule has 84 valence electrons. The zero-order valence-electron chi connectivity index (χ0n) is 8.96. The number of nitrogens with one attached hydrogen (secondary N) is 1. The first-order chi connectivity index (χ1) is 6.64. The van der Waals surface area contributed by atoms with Crippen LogP contribution < -0.4 is 4.72 Å². The Morgan fingerprint density at radius 1 is 1.29 bits per heavy atom. The second-order valence-corrected chi connectivity index (χ2v) is 6.00. The Kier molecular flexibility index (Phi) is 4.89. The van der Waals surface area contributed by atoms with Crippen LogP contribution in [0.4, 0.5) is 0 Å². The normalized spacial score (nSPS) is 26.2. The van der Waals surface area contributed by atoms with Crippen LogP contribution in [0.25, 0.3) is 0 Å². The fraction of sp³-hybridized carbons (Fsp3) is 1.00. The molecular formula is C10H21NO2S. The van der Waals surface area contributed by atoms with Crippen LogP contribution in [0.2, 0.25) is 0 Å². The summed E-state index contributed by atoms with van der Waals surface area (Å²) in [5.41, 5.74) is 0. The maximum absolute atomic E-state index is 11.2. The van der Waals surface area contributed by atoms with Crippen LogP contribution in [-0.4, -0.2) is 20.2 Å². The average Bonchev–Trinajstić information content (AvgIpc) is 2.11. The molecule has 0 amide bonds. The van der Waals surface area contributed by atoms with E-state index in [1.807, 2.05) is 0 Å². The number of hydrogen-bond acceptors (Lipinski definition) is 2. The van der Waals surface area contributed by atoms with E-state index in [2.05, 4.69) is 11.6 Å². The standard InChI is InChI=1S/C10H21NO2S/c1-2-3-4-5-7-10-8-6-9-14(12,13)11-10/h10-11H,2-9H2,1H3/t10-/m1/s1. The SMILES string of the molecule is CCCCCC[C@@H]1CCCS(=O)(=O)N1.